The van der Waals surface area contributed by atoms with Gasteiger partial charge in [-0.05, 0) is 13.3 Å². The first-order chi connectivity index (χ1) is 8.19. The molecule has 2 aromatic rings. The maximum Gasteiger partial charge on any atom is 0.155 e. The van der Waals surface area contributed by atoms with Gasteiger partial charge in [-0.15, -0.1) is 0 Å². The smallest absolute Gasteiger partial charge is 0.155 e. The second-order valence-electron chi connectivity index (χ2n) is 4.24. The number of nitrogens with one attached hydrogen (secondary N) is 1. The van der Waals surface area contributed by atoms with E-state index in [0.29, 0.717) is 13.1 Å². The van der Waals surface area contributed by atoms with Gasteiger partial charge < -0.3 is 10.4 Å². The van der Waals surface area contributed by atoms with Crippen LogP contribution in [-0.4, -0.2) is 32.4 Å². The van der Waals surface area contributed by atoms with E-state index in [1.54, 1.807) is 4.52 Å². The molecule has 1 atom stereocenters. The van der Waals surface area contributed by atoms with E-state index in [1.165, 1.54) is 0 Å². The first-order valence-electron chi connectivity index (χ1n) is 5.88. The standard InChI is InChI=1S/C12H18N4O/c1-3-11(17)7-13-5-10-6-14-12-4-9(2)15-16(12)8-10/h4,6,8,11,13,17H,3,5,7H2,1-2H3. The van der Waals surface area contributed by atoms with Crippen LogP contribution < -0.4 is 5.32 Å². The van der Waals surface area contributed by atoms with Crippen LogP contribution in [0.25, 0.3) is 5.65 Å². The van der Waals surface area contributed by atoms with Gasteiger partial charge in [0, 0.05) is 37.1 Å². The Kier molecular flexibility index (Phi) is 3.71. The van der Waals surface area contributed by atoms with E-state index in [9.17, 15) is 5.11 Å². The van der Waals surface area contributed by atoms with Crippen LogP contribution in [0, 0.1) is 6.92 Å². The Bertz CT molecular complexity index is 494. The van der Waals surface area contributed by atoms with Crippen molar-refractivity contribution >= 4 is 5.65 Å². The molecule has 0 saturated carbocycles. The van der Waals surface area contributed by atoms with E-state index in [-0.39, 0.29) is 6.10 Å². The number of aliphatic hydroxyl groups is 1. The van der Waals surface area contributed by atoms with Crippen molar-refractivity contribution < 1.29 is 5.11 Å². The summed E-state index contributed by atoms with van der Waals surface area (Å²) in [7, 11) is 0. The minimum absolute atomic E-state index is 0.279. The van der Waals surface area contributed by atoms with Crippen LogP contribution in [0.2, 0.25) is 0 Å². The second-order valence-corrected chi connectivity index (χ2v) is 4.24. The lowest BCUT2D eigenvalue weighted by molar-refractivity contribution is 0.167. The number of hydrogen-bond acceptors (Lipinski definition) is 4. The number of aryl methyl sites for hydroxylation is 1. The number of aliphatic hydroxyl groups excluding tert-OH is 1. The highest BCUT2D eigenvalue weighted by Crippen LogP contribution is 2.04. The molecule has 0 spiro atoms. The molecule has 0 fully saturated rings. The maximum atomic E-state index is 9.42. The highest BCUT2D eigenvalue weighted by atomic mass is 16.3. The van der Waals surface area contributed by atoms with E-state index >= 15 is 0 Å². The van der Waals surface area contributed by atoms with E-state index < -0.39 is 0 Å². The van der Waals surface area contributed by atoms with Gasteiger partial charge in [0.25, 0.3) is 0 Å². The summed E-state index contributed by atoms with van der Waals surface area (Å²) in [5.41, 5.74) is 2.88. The summed E-state index contributed by atoms with van der Waals surface area (Å²) in [5, 5.41) is 16.9. The van der Waals surface area contributed by atoms with Crippen molar-refractivity contribution in [3.05, 3.63) is 29.7 Å². The van der Waals surface area contributed by atoms with Gasteiger partial charge in [0.1, 0.15) is 0 Å². The van der Waals surface area contributed by atoms with Crippen molar-refractivity contribution in [1.29, 1.82) is 0 Å². The molecule has 1 unspecified atom stereocenters. The summed E-state index contributed by atoms with van der Waals surface area (Å²) >= 11 is 0. The highest BCUT2D eigenvalue weighted by Gasteiger charge is 2.02. The van der Waals surface area contributed by atoms with Crippen LogP contribution >= 0.6 is 0 Å². The molecule has 0 aliphatic rings. The Hall–Kier alpha value is -1.46. The van der Waals surface area contributed by atoms with E-state index in [0.717, 1.165) is 23.3 Å². The lowest BCUT2D eigenvalue weighted by Crippen LogP contribution is -2.25. The first-order valence-corrected chi connectivity index (χ1v) is 5.88. The molecule has 2 aromatic heterocycles. The second kappa shape index (κ2) is 5.25. The van der Waals surface area contributed by atoms with Gasteiger partial charge >= 0.3 is 0 Å². The molecule has 17 heavy (non-hydrogen) atoms. The van der Waals surface area contributed by atoms with Crippen LogP contribution in [-0.2, 0) is 6.54 Å². The SMILES string of the molecule is CCC(O)CNCc1cnc2cc(C)nn2c1. The zero-order valence-corrected chi connectivity index (χ0v) is 10.2. The Labute approximate surface area is 100 Å². The predicted molar refractivity (Wildman–Crippen MR) is 65.7 cm³/mol. The fraction of sp³-hybridized carbons (Fsp3) is 0.500. The lowest BCUT2D eigenvalue weighted by Gasteiger charge is -2.09. The van der Waals surface area contributed by atoms with Crippen molar-refractivity contribution in [3.63, 3.8) is 0 Å². The Morgan fingerprint density at radius 3 is 3.12 bits per heavy atom. The van der Waals surface area contributed by atoms with Crippen LogP contribution in [0.1, 0.15) is 24.6 Å². The summed E-state index contributed by atoms with van der Waals surface area (Å²) in [4.78, 5) is 4.32. The van der Waals surface area contributed by atoms with Gasteiger partial charge in [0.2, 0.25) is 0 Å². The molecule has 2 N–H and O–H groups in total. The van der Waals surface area contributed by atoms with Gasteiger partial charge in [-0.25, -0.2) is 9.50 Å². The number of aromatic nitrogens is 3. The first kappa shape index (κ1) is 12.0. The molecular weight excluding hydrogens is 216 g/mol. The van der Waals surface area contributed by atoms with Crippen LogP contribution in [0.4, 0.5) is 0 Å². The van der Waals surface area contributed by atoms with Gasteiger partial charge in [0.05, 0.1) is 11.8 Å². The Morgan fingerprint density at radius 2 is 2.35 bits per heavy atom. The molecule has 2 rings (SSSR count). The molecule has 0 aliphatic heterocycles. The molecule has 0 amide bonds. The summed E-state index contributed by atoms with van der Waals surface area (Å²) in [6, 6.07) is 1.94. The highest BCUT2D eigenvalue weighted by molar-refractivity contribution is 5.38. The fourth-order valence-electron chi connectivity index (χ4n) is 1.65. The molecular formula is C12H18N4O. The average Bonchev–Trinajstić information content (AvgIpc) is 2.68. The Morgan fingerprint density at radius 1 is 1.53 bits per heavy atom. The monoisotopic (exact) mass is 234 g/mol. The van der Waals surface area contributed by atoms with Crippen molar-refractivity contribution in [3.8, 4) is 0 Å². The van der Waals surface area contributed by atoms with Crippen molar-refractivity contribution in [2.45, 2.75) is 32.9 Å². The zero-order chi connectivity index (χ0) is 12.3. The van der Waals surface area contributed by atoms with Gasteiger partial charge in [0.15, 0.2) is 5.65 Å². The van der Waals surface area contributed by atoms with E-state index in [4.69, 9.17) is 0 Å². The van der Waals surface area contributed by atoms with Crippen molar-refractivity contribution in [2.75, 3.05) is 6.54 Å². The predicted octanol–water partition coefficient (Wildman–Crippen LogP) is 0.898. The normalized spacial score (nSPS) is 13.1. The van der Waals surface area contributed by atoms with Crippen molar-refractivity contribution in [1.82, 2.24) is 19.9 Å². The summed E-state index contributed by atoms with van der Waals surface area (Å²) in [6.45, 7) is 5.21. The summed E-state index contributed by atoms with van der Waals surface area (Å²) in [6.07, 6.45) is 4.28. The number of fused-ring (bicyclic) bond motifs is 1. The number of rotatable bonds is 5. The van der Waals surface area contributed by atoms with Crippen LogP contribution in [0.5, 0.6) is 0 Å². The lowest BCUT2D eigenvalue weighted by atomic mass is 10.2. The van der Waals surface area contributed by atoms with Crippen LogP contribution in [0.3, 0.4) is 0 Å². The third-order valence-electron chi connectivity index (χ3n) is 2.67. The zero-order valence-electron chi connectivity index (χ0n) is 10.2. The summed E-state index contributed by atoms with van der Waals surface area (Å²) in [5.74, 6) is 0. The molecule has 5 nitrogen and oxygen atoms in total. The number of nitrogens with zero attached hydrogens (tertiary/aromatic N) is 3. The molecule has 92 valence electrons. The molecule has 0 saturated heterocycles. The van der Waals surface area contributed by atoms with Crippen LogP contribution in [0.15, 0.2) is 18.5 Å². The summed E-state index contributed by atoms with van der Waals surface area (Å²) < 4.78 is 1.78. The van der Waals surface area contributed by atoms with Gasteiger partial charge in [-0.2, -0.15) is 5.10 Å². The molecule has 5 heteroatoms. The quantitative estimate of drug-likeness (QED) is 0.807. The maximum absolute atomic E-state index is 9.42. The molecule has 0 bridgehead atoms. The number of hydrogen-bond donors (Lipinski definition) is 2. The van der Waals surface area contributed by atoms with Gasteiger partial charge in [-0.1, -0.05) is 6.92 Å². The third kappa shape index (κ3) is 3.01. The topological polar surface area (TPSA) is 62.5 Å². The minimum atomic E-state index is -0.279. The molecule has 2 heterocycles. The molecule has 0 aliphatic carbocycles. The van der Waals surface area contributed by atoms with E-state index in [1.807, 2.05) is 32.3 Å². The molecule has 0 radical (unpaired) electrons. The van der Waals surface area contributed by atoms with E-state index in [2.05, 4.69) is 15.4 Å². The average molecular weight is 234 g/mol. The fourth-order valence-corrected chi connectivity index (χ4v) is 1.65. The largest absolute Gasteiger partial charge is 0.392 e. The third-order valence-corrected chi connectivity index (χ3v) is 2.67. The minimum Gasteiger partial charge on any atom is -0.392 e. The van der Waals surface area contributed by atoms with Gasteiger partial charge in [-0.3, -0.25) is 0 Å². The van der Waals surface area contributed by atoms with Crippen molar-refractivity contribution in [2.24, 2.45) is 0 Å². The molecule has 0 aromatic carbocycles. The Balaban J connectivity index is 1.99.